The van der Waals surface area contributed by atoms with E-state index in [9.17, 15) is 9.18 Å². The average Bonchev–Trinajstić information content (AvgIpc) is 3.35. The Hall–Kier alpha value is -4.46. The van der Waals surface area contributed by atoms with Crippen LogP contribution in [0.1, 0.15) is 30.0 Å². The predicted molar refractivity (Wildman–Crippen MR) is 130 cm³/mol. The van der Waals surface area contributed by atoms with Gasteiger partial charge in [-0.05, 0) is 55.8 Å². The van der Waals surface area contributed by atoms with Crippen LogP contribution >= 0.6 is 0 Å². The Kier molecular flexibility index (Phi) is 5.78. The minimum atomic E-state index is -0.545. The van der Waals surface area contributed by atoms with Crippen LogP contribution in [0.2, 0.25) is 0 Å². The zero-order valence-corrected chi connectivity index (χ0v) is 19.4. The Morgan fingerprint density at radius 1 is 1.03 bits per heavy atom. The van der Waals surface area contributed by atoms with Gasteiger partial charge in [-0.15, -0.1) is 0 Å². The molecule has 3 aromatic carbocycles. The molecule has 0 spiro atoms. The van der Waals surface area contributed by atoms with E-state index in [1.165, 1.54) is 12.1 Å². The summed E-state index contributed by atoms with van der Waals surface area (Å²) < 4.78 is 24.7. The van der Waals surface area contributed by atoms with Crippen LogP contribution in [0.15, 0.2) is 83.0 Å². The summed E-state index contributed by atoms with van der Waals surface area (Å²) in [5.41, 5.74) is 4.40. The van der Waals surface area contributed by atoms with Gasteiger partial charge in [-0.1, -0.05) is 47.1 Å². The highest BCUT2D eigenvalue weighted by molar-refractivity contribution is 6.01. The molecule has 176 valence electrons. The van der Waals surface area contributed by atoms with E-state index in [-0.39, 0.29) is 17.7 Å². The fraction of sp³-hybridized carbons (Fsp3) is 0.148. The summed E-state index contributed by atoms with van der Waals surface area (Å²) in [7, 11) is 1.60. The van der Waals surface area contributed by atoms with Crippen molar-refractivity contribution in [2.24, 2.45) is 0 Å². The third-order valence-electron chi connectivity index (χ3n) is 5.97. The fourth-order valence-corrected chi connectivity index (χ4v) is 4.15. The molecule has 35 heavy (non-hydrogen) atoms. The molecule has 1 atom stereocenters. The molecular formula is C27H23FN4O3. The first-order chi connectivity index (χ1) is 16.9. The Balaban J connectivity index is 1.64. The zero-order chi connectivity index (χ0) is 24.5. The lowest BCUT2D eigenvalue weighted by atomic mass is 9.94. The first-order valence-electron chi connectivity index (χ1n) is 11.1. The maximum atomic E-state index is 13.8. The molecule has 2 amide bonds. The van der Waals surface area contributed by atoms with Gasteiger partial charge in [0.1, 0.15) is 11.6 Å². The van der Waals surface area contributed by atoms with Crippen LogP contribution in [-0.2, 0) is 0 Å². The summed E-state index contributed by atoms with van der Waals surface area (Å²) in [5, 5.41) is 7.15. The van der Waals surface area contributed by atoms with Crippen LogP contribution in [0, 0.1) is 12.7 Å². The fourth-order valence-electron chi connectivity index (χ4n) is 4.15. The van der Waals surface area contributed by atoms with Crippen LogP contribution < -0.4 is 15.0 Å². The number of aromatic nitrogens is 2. The molecule has 4 aromatic rings. The Morgan fingerprint density at radius 3 is 2.46 bits per heavy atom. The van der Waals surface area contributed by atoms with E-state index < -0.39 is 11.9 Å². The number of halogens is 1. The summed E-state index contributed by atoms with van der Waals surface area (Å²) in [6, 6.07) is 20.2. The van der Waals surface area contributed by atoms with Crippen molar-refractivity contribution >= 4 is 17.3 Å². The number of benzene rings is 3. The van der Waals surface area contributed by atoms with E-state index in [2.05, 4.69) is 15.5 Å². The molecule has 1 N–H and O–H groups in total. The minimum absolute atomic E-state index is 0.236. The van der Waals surface area contributed by atoms with Crippen molar-refractivity contribution in [1.29, 1.82) is 0 Å². The number of carbonyl (C=O) groups is 1. The van der Waals surface area contributed by atoms with Crippen molar-refractivity contribution in [1.82, 2.24) is 15.5 Å². The highest BCUT2D eigenvalue weighted by Crippen LogP contribution is 2.39. The number of amides is 2. The molecule has 1 aliphatic heterocycles. The maximum Gasteiger partial charge on any atom is 0.326 e. The number of aryl methyl sites for hydroxylation is 1. The number of methoxy groups -OCH3 is 1. The standard InChI is InChI=1S/C27H23FN4O3/c1-16-7-11-21(12-8-16)32-17(2)23(24(29-27(32)33)18-9-13-22(34-3)14-10-18)26-30-25(31-35-26)19-5-4-6-20(28)15-19/h4-15,24H,1-3H3,(H,29,33). The van der Waals surface area contributed by atoms with Gasteiger partial charge in [-0.25, -0.2) is 9.18 Å². The largest absolute Gasteiger partial charge is 0.497 e. The van der Waals surface area contributed by atoms with Crippen molar-refractivity contribution < 1.29 is 18.4 Å². The Bertz CT molecular complexity index is 1410. The molecule has 0 radical (unpaired) electrons. The molecule has 1 unspecified atom stereocenters. The number of anilines is 1. The first-order valence-corrected chi connectivity index (χ1v) is 11.1. The van der Waals surface area contributed by atoms with Gasteiger partial charge in [0, 0.05) is 11.3 Å². The quantitative estimate of drug-likeness (QED) is 0.393. The number of rotatable bonds is 5. The van der Waals surface area contributed by atoms with Crippen LogP contribution in [0.5, 0.6) is 5.75 Å². The van der Waals surface area contributed by atoms with Gasteiger partial charge >= 0.3 is 6.03 Å². The molecule has 2 heterocycles. The van der Waals surface area contributed by atoms with E-state index in [1.54, 1.807) is 24.1 Å². The number of carbonyl (C=O) groups excluding carboxylic acids is 1. The second-order valence-electron chi connectivity index (χ2n) is 8.26. The summed E-state index contributed by atoms with van der Waals surface area (Å²) in [6.45, 7) is 3.83. The molecular weight excluding hydrogens is 447 g/mol. The number of allylic oxidation sites excluding steroid dienone is 1. The monoisotopic (exact) mass is 470 g/mol. The molecule has 1 aromatic heterocycles. The number of nitrogens with one attached hydrogen (secondary N) is 1. The SMILES string of the molecule is COc1ccc(C2NC(=O)N(c3ccc(C)cc3)C(C)=C2c2nc(-c3cccc(F)c3)no2)cc1. The molecule has 8 heteroatoms. The van der Waals surface area contributed by atoms with Crippen molar-refractivity contribution in [2.75, 3.05) is 12.0 Å². The van der Waals surface area contributed by atoms with Crippen LogP contribution in [-0.4, -0.2) is 23.3 Å². The van der Waals surface area contributed by atoms with Gasteiger partial charge in [-0.2, -0.15) is 4.98 Å². The smallest absolute Gasteiger partial charge is 0.326 e. The third kappa shape index (κ3) is 4.26. The van der Waals surface area contributed by atoms with Gasteiger partial charge < -0.3 is 14.6 Å². The lowest BCUT2D eigenvalue weighted by Gasteiger charge is -2.35. The van der Waals surface area contributed by atoms with E-state index >= 15 is 0 Å². The number of urea groups is 1. The average molecular weight is 471 g/mol. The number of ether oxygens (including phenoxy) is 1. The van der Waals surface area contributed by atoms with Crippen molar-refractivity contribution in [3.05, 3.63) is 101 Å². The molecule has 0 saturated carbocycles. The summed E-state index contributed by atoms with van der Waals surface area (Å²) in [4.78, 5) is 19.4. The zero-order valence-electron chi connectivity index (χ0n) is 19.4. The number of hydrogen-bond acceptors (Lipinski definition) is 5. The maximum absolute atomic E-state index is 13.8. The Morgan fingerprint density at radius 2 is 1.77 bits per heavy atom. The minimum Gasteiger partial charge on any atom is -0.497 e. The second kappa shape index (κ2) is 9.06. The van der Waals surface area contributed by atoms with E-state index in [0.717, 1.165) is 11.1 Å². The van der Waals surface area contributed by atoms with Gasteiger partial charge in [0.15, 0.2) is 0 Å². The van der Waals surface area contributed by atoms with Gasteiger partial charge in [0.25, 0.3) is 5.89 Å². The second-order valence-corrected chi connectivity index (χ2v) is 8.26. The molecule has 0 aliphatic carbocycles. The molecule has 0 fully saturated rings. The highest BCUT2D eigenvalue weighted by atomic mass is 19.1. The predicted octanol–water partition coefficient (Wildman–Crippen LogP) is 5.89. The lowest BCUT2D eigenvalue weighted by molar-refractivity contribution is 0.244. The topological polar surface area (TPSA) is 80.5 Å². The summed E-state index contributed by atoms with van der Waals surface area (Å²) >= 11 is 0. The Labute approximate surface area is 201 Å². The molecule has 0 saturated heterocycles. The molecule has 5 rings (SSSR count). The third-order valence-corrected chi connectivity index (χ3v) is 5.97. The van der Waals surface area contributed by atoms with E-state index in [1.807, 2.05) is 62.4 Å². The summed E-state index contributed by atoms with van der Waals surface area (Å²) in [6.07, 6.45) is 0. The first kappa shape index (κ1) is 22.3. The van der Waals surface area contributed by atoms with E-state index in [4.69, 9.17) is 9.26 Å². The van der Waals surface area contributed by atoms with Crippen molar-refractivity contribution in [3.8, 4) is 17.1 Å². The molecule has 0 bridgehead atoms. The van der Waals surface area contributed by atoms with Crippen molar-refractivity contribution in [2.45, 2.75) is 19.9 Å². The number of hydrogen-bond donors (Lipinski definition) is 1. The lowest BCUT2D eigenvalue weighted by Crippen LogP contribution is -2.46. The van der Waals surface area contributed by atoms with Crippen molar-refractivity contribution in [3.63, 3.8) is 0 Å². The number of nitrogens with zero attached hydrogens (tertiary/aromatic N) is 3. The molecule has 7 nitrogen and oxygen atoms in total. The molecule has 1 aliphatic rings. The van der Waals surface area contributed by atoms with Gasteiger partial charge in [0.2, 0.25) is 5.82 Å². The van der Waals surface area contributed by atoms with Crippen LogP contribution in [0.25, 0.3) is 17.0 Å². The summed E-state index contributed by atoms with van der Waals surface area (Å²) in [5.74, 6) is 0.799. The van der Waals surface area contributed by atoms with Crippen LogP contribution in [0.3, 0.4) is 0 Å². The highest BCUT2D eigenvalue weighted by Gasteiger charge is 2.36. The van der Waals surface area contributed by atoms with E-state index in [0.29, 0.717) is 28.3 Å². The van der Waals surface area contributed by atoms with Gasteiger partial charge in [0.05, 0.1) is 24.4 Å². The van der Waals surface area contributed by atoms with Gasteiger partial charge in [-0.3, -0.25) is 4.90 Å². The normalized spacial score (nSPS) is 15.8. The van der Waals surface area contributed by atoms with Crippen LogP contribution in [0.4, 0.5) is 14.9 Å².